The Morgan fingerprint density at radius 2 is 1.85 bits per heavy atom. The molecule has 1 atom stereocenters. The van der Waals surface area contributed by atoms with Gasteiger partial charge in [0.15, 0.2) is 11.6 Å². The summed E-state index contributed by atoms with van der Waals surface area (Å²) >= 11 is 0. The van der Waals surface area contributed by atoms with Crippen LogP contribution in [0.2, 0.25) is 0 Å². The molecule has 2 aromatic rings. The van der Waals surface area contributed by atoms with Gasteiger partial charge in [-0.1, -0.05) is 5.92 Å². The number of rotatable bonds is 9. The van der Waals surface area contributed by atoms with Crippen molar-refractivity contribution in [1.29, 1.82) is 0 Å². The van der Waals surface area contributed by atoms with Crippen LogP contribution in [0.25, 0.3) is 0 Å². The van der Waals surface area contributed by atoms with E-state index in [9.17, 15) is 13.6 Å². The molecule has 3 heterocycles. The molecule has 1 aromatic carbocycles. The molecule has 0 saturated carbocycles. The van der Waals surface area contributed by atoms with Gasteiger partial charge >= 0.3 is 6.09 Å². The zero-order valence-electron chi connectivity index (χ0n) is 23.2. The number of ether oxygens (including phenoxy) is 4. The van der Waals surface area contributed by atoms with E-state index in [0.29, 0.717) is 38.9 Å². The quantitative estimate of drug-likeness (QED) is 0.414. The first-order valence-electron chi connectivity index (χ1n) is 13.6. The number of methoxy groups -OCH3 is 1. The predicted octanol–water partition coefficient (Wildman–Crippen LogP) is 4.57. The zero-order chi connectivity index (χ0) is 28.6. The first-order chi connectivity index (χ1) is 19.3. The Labute approximate surface area is 233 Å². The third kappa shape index (κ3) is 7.58. The van der Waals surface area contributed by atoms with Crippen LogP contribution in [0.4, 0.5) is 13.6 Å². The van der Waals surface area contributed by atoms with Gasteiger partial charge in [0.05, 0.1) is 12.2 Å². The summed E-state index contributed by atoms with van der Waals surface area (Å²) in [7, 11) is 1.69. The molecule has 2 saturated heterocycles. The zero-order valence-corrected chi connectivity index (χ0v) is 23.2. The Balaban J connectivity index is 1.39. The minimum absolute atomic E-state index is 0.0887. The predicted molar refractivity (Wildman–Crippen MR) is 143 cm³/mol. The van der Waals surface area contributed by atoms with Crippen molar-refractivity contribution in [1.82, 2.24) is 19.8 Å². The first kappa shape index (κ1) is 29.5. The van der Waals surface area contributed by atoms with Crippen LogP contribution in [0, 0.1) is 24.0 Å². The number of amides is 1. The van der Waals surface area contributed by atoms with Crippen LogP contribution in [-0.4, -0.2) is 84.0 Å². The standard InChI is InChI=1S/C29H36F2N4O5/c1-5-23-27(39-21-9-13-35(14-10-21)29(36)38-19(2)3)32-18-33-28(23)40-26-16-24(30)20(15-25(26)31)8-12-34-11-6-7-22(17-34)37-4/h1,15-16,18-19,21-22H,6-14,17H2,2-4H3/t22-/m0/s1. The highest BCUT2D eigenvalue weighted by atomic mass is 19.1. The van der Waals surface area contributed by atoms with Crippen molar-refractivity contribution in [2.45, 2.75) is 64.3 Å². The van der Waals surface area contributed by atoms with Crippen molar-refractivity contribution in [3.05, 3.63) is 41.2 Å². The number of hydrogen-bond donors (Lipinski definition) is 0. The second-order valence-electron chi connectivity index (χ2n) is 10.3. The monoisotopic (exact) mass is 558 g/mol. The van der Waals surface area contributed by atoms with Crippen LogP contribution in [-0.2, 0) is 15.9 Å². The molecule has 2 aliphatic rings. The number of terminal acetylenes is 1. The van der Waals surface area contributed by atoms with Gasteiger partial charge in [0.1, 0.15) is 23.8 Å². The van der Waals surface area contributed by atoms with Crippen LogP contribution in [0.5, 0.6) is 17.5 Å². The van der Waals surface area contributed by atoms with Crippen LogP contribution in [0.1, 0.15) is 50.7 Å². The lowest BCUT2D eigenvalue weighted by Crippen LogP contribution is -2.42. The summed E-state index contributed by atoms with van der Waals surface area (Å²) in [6, 6.07) is 2.16. The van der Waals surface area contributed by atoms with Gasteiger partial charge in [-0.05, 0) is 51.3 Å². The Kier molecular flexibility index (Phi) is 10.1. The first-order valence-corrected chi connectivity index (χ1v) is 13.6. The molecule has 2 fully saturated rings. The summed E-state index contributed by atoms with van der Waals surface area (Å²) in [6.45, 7) is 6.79. The smallest absolute Gasteiger partial charge is 0.410 e. The van der Waals surface area contributed by atoms with Gasteiger partial charge in [0, 0.05) is 52.2 Å². The fourth-order valence-corrected chi connectivity index (χ4v) is 4.87. The minimum Gasteiger partial charge on any atom is -0.473 e. The van der Waals surface area contributed by atoms with E-state index in [1.807, 2.05) is 0 Å². The van der Waals surface area contributed by atoms with Crippen molar-refractivity contribution < 1.29 is 32.5 Å². The summed E-state index contributed by atoms with van der Waals surface area (Å²) in [6.07, 6.45) is 9.70. The normalized spacial score (nSPS) is 18.4. The van der Waals surface area contributed by atoms with E-state index in [0.717, 1.165) is 38.1 Å². The van der Waals surface area contributed by atoms with E-state index in [1.54, 1.807) is 25.9 Å². The molecule has 11 heteroatoms. The van der Waals surface area contributed by atoms with E-state index in [4.69, 9.17) is 25.4 Å². The highest BCUT2D eigenvalue weighted by Crippen LogP contribution is 2.32. The number of halogens is 2. The van der Waals surface area contributed by atoms with Gasteiger partial charge in [-0.2, -0.15) is 0 Å². The highest BCUT2D eigenvalue weighted by Gasteiger charge is 2.27. The summed E-state index contributed by atoms with van der Waals surface area (Å²) in [5, 5.41) is 0. The van der Waals surface area contributed by atoms with Crippen LogP contribution < -0.4 is 9.47 Å². The Hall–Kier alpha value is -3.49. The van der Waals surface area contributed by atoms with Crippen molar-refractivity contribution in [3.8, 4) is 29.9 Å². The topological polar surface area (TPSA) is 86.3 Å². The lowest BCUT2D eigenvalue weighted by Gasteiger charge is -2.31. The number of likely N-dealkylation sites (tertiary alicyclic amines) is 2. The number of hydrogen-bond acceptors (Lipinski definition) is 8. The maximum absolute atomic E-state index is 15.0. The molecule has 1 aromatic heterocycles. The van der Waals surface area contributed by atoms with Gasteiger partial charge in [0.25, 0.3) is 0 Å². The van der Waals surface area contributed by atoms with Gasteiger partial charge in [0.2, 0.25) is 11.8 Å². The maximum atomic E-state index is 15.0. The number of carbonyl (C=O) groups is 1. The van der Waals surface area contributed by atoms with Crippen molar-refractivity contribution in [2.24, 2.45) is 0 Å². The fraction of sp³-hybridized carbons (Fsp3) is 0.552. The fourth-order valence-electron chi connectivity index (χ4n) is 4.87. The lowest BCUT2D eigenvalue weighted by molar-refractivity contribution is 0.0318. The second kappa shape index (κ2) is 13.7. The number of benzene rings is 1. The third-order valence-electron chi connectivity index (χ3n) is 7.04. The Morgan fingerprint density at radius 3 is 2.55 bits per heavy atom. The molecule has 4 rings (SSSR count). The molecule has 216 valence electrons. The summed E-state index contributed by atoms with van der Waals surface area (Å²) in [5.41, 5.74) is 0.350. The SMILES string of the molecule is C#Cc1c(Oc2cc(F)c(CCN3CCC[C@H](OC)C3)cc2F)ncnc1OC1CCN(C(=O)OC(C)C)CC1. The summed E-state index contributed by atoms with van der Waals surface area (Å²) < 4.78 is 52.2. The van der Waals surface area contributed by atoms with Crippen LogP contribution >= 0.6 is 0 Å². The van der Waals surface area contributed by atoms with Crippen molar-refractivity contribution >= 4 is 6.09 Å². The molecule has 0 bridgehead atoms. The number of piperidine rings is 2. The molecule has 40 heavy (non-hydrogen) atoms. The average Bonchev–Trinajstić information content (AvgIpc) is 2.94. The minimum atomic E-state index is -0.727. The molecule has 0 spiro atoms. The molecular formula is C29H36F2N4O5. The Morgan fingerprint density at radius 1 is 1.10 bits per heavy atom. The van der Waals surface area contributed by atoms with Crippen molar-refractivity contribution in [3.63, 3.8) is 0 Å². The van der Waals surface area contributed by atoms with E-state index in [2.05, 4.69) is 20.8 Å². The summed E-state index contributed by atoms with van der Waals surface area (Å²) in [4.78, 5) is 24.1. The molecule has 0 N–H and O–H groups in total. The van der Waals surface area contributed by atoms with Gasteiger partial charge in [-0.3, -0.25) is 0 Å². The van der Waals surface area contributed by atoms with Gasteiger partial charge in [-0.15, -0.1) is 6.42 Å². The van der Waals surface area contributed by atoms with E-state index < -0.39 is 11.6 Å². The number of nitrogens with zero attached hydrogens (tertiary/aromatic N) is 4. The second-order valence-corrected chi connectivity index (χ2v) is 10.3. The number of carbonyl (C=O) groups excluding carboxylic acids is 1. The van der Waals surface area contributed by atoms with Crippen LogP contribution in [0.3, 0.4) is 0 Å². The summed E-state index contributed by atoms with van der Waals surface area (Å²) in [5.74, 6) is 0.787. The molecular weight excluding hydrogens is 522 g/mol. The highest BCUT2D eigenvalue weighted by molar-refractivity contribution is 5.67. The molecule has 0 aliphatic carbocycles. The van der Waals surface area contributed by atoms with Crippen molar-refractivity contribution in [2.75, 3.05) is 39.8 Å². The van der Waals surface area contributed by atoms with Gasteiger partial charge in [-0.25, -0.2) is 23.5 Å². The molecule has 9 nitrogen and oxygen atoms in total. The maximum Gasteiger partial charge on any atom is 0.410 e. The average molecular weight is 559 g/mol. The molecule has 0 unspecified atom stereocenters. The molecule has 2 aliphatic heterocycles. The van der Waals surface area contributed by atoms with E-state index in [-0.39, 0.29) is 53.0 Å². The number of aromatic nitrogens is 2. The third-order valence-corrected chi connectivity index (χ3v) is 7.04. The molecule has 0 radical (unpaired) electrons. The molecule has 1 amide bonds. The van der Waals surface area contributed by atoms with E-state index >= 15 is 0 Å². The lowest BCUT2D eigenvalue weighted by atomic mass is 10.1. The van der Waals surface area contributed by atoms with Crippen LogP contribution in [0.15, 0.2) is 18.5 Å². The largest absolute Gasteiger partial charge is 0.473 e. The van der Waals surface area contributed by atoms with E-state index in [1.165, 1.54) is 6.33 Å². The Bertz CT molecular complexity index is 1210. The van der Waals surface area contributed by atoms with Gasteiger partial charge < -0.3 is 28.7 Å².